The minimum atomic E-state index is -0.836. The molecule has 1 aromatic rings. The van der Waals surface area contributed by atoms with Gasteiger partial charge in [-0.15, -0.1) is 0 Å². The fraction of sp³-hybridized carbons (Fsp3) is 0.500. The maximum absolute atomic E-state index is 13.9. The zero-order valence-electron chi connectivity index (χ0n) is 10.7. The summed E-state index contributed by atoms with van der Waals surface area (Å²) in [6.45, 7) is 5.81. The Morgan fingerprint density at radius 2 is 2.22 bits per heavy atom. The number of aryl methyl sites for hydroxylation is 1. The van der Waals surface area contributed by atoms with Crippen molar-refractivity contribution < 1.29 is 14.3 Å². The number of hydrogen-bond acceptors (Lipinski definition) is 2. The fourth-order valence-electron chi connectivity index (χ4n) is 2.66. The van der Waals surface area contributed by atoms with Crippen LogP contribution in [0.25, 0.3) is 0 Å². The first-order chi connectivity index (χ1) is 8.52. The maximum atomic E-state index is 13.9. The van der Waals surface area contributed by atoms with E-state index < -0.39 is 11.9 Å². The number of benzene rings is 1. The molecule has 2 unspecified atom stereocenters. The van der Waals surface area contributed by atoms with Gasteiger partial charge in [-0.25, -0.2) is 4.39 Å². The summed E-state index contributed by atoms with van der Waals surface area (Å²) in [5.41, 5.74) is 1.50. The first-order valence-corrected chi connectivity index (χ1v) is 6.24. The maximum Gasteiger partial charge on any atom is 0.308 e. The van der Waals surface area contributed by atoms with E-state index in [0.717, 1.165) is 12.1 Å². The van der Waals surface area contributed by atoms with Crippen molar-refractivity contribution in [1.82, 2.24) is 4.90 Å². The summed E-state index contributed by atoms with van der Waals surface area (Å²) in [6, 6.07) is 4.91. The molecular formula is C14H18FNO2. The summed E-state index contributed by atoms with van der Waals surface area (Å²) < 4.78 is 13.9. The van der Waals surface area contributed by atoms with Crippen molar-refractivity contribution in [3.05, 3.63) is 35.1 Å². The largest absolute Gasteiger partial charge is 0.481 e. The molecule has 3 nitrogen and oxygen atoms in total. The minimum Gasteiger partial charge on any atom is -0.481 e. The van der Waals surface area contributed by atoms with Gasteiger partial charge in [-0.1, -0.05) is 24.6 Å². The number of likely N-dealkylation sites (N-methyl/N-ethyl adjacent to an activating group) is 1. The molecule has 1 N–H and O–H groups in total. The van der Waals surface area contributed by atoms with Crippen molar-refractivity contribution in [1.29, 1.82) is 0 Å². The third kappa shape index (κ3) is 2.38. The van der Waals surface area contributed by atoms with Gasteiger partial charge in [0.05, 0.1) is 5.92 Å². The van der Waals surface area contributed by atoms with Crippen molar-refractivity contribution in [2.75, 3.05) is 19.6 Å². The summed E-state index contributed by atoms with van der Waals surface area (Å²) >= 11 is 0. The summed E-state index contributed by atoms with van der Waals surface area (Å²) in [6.07, 6.45) is 0. The van der Waals surface area contributed by atoms with Crippen molar-refractivity contribution in [3.63, 3.8) is 0 Å². The standard InChI is InChI=1S/C14H18FNO2/c1-3-16-7-11(12(8-16)14(17)18)10-6-9(2)4-5-13(10)15/h4-6,11-12H,3,7-8H2,1-2H3,(H,17,18). The molecule has 98 valence electrons. The van der Waals surface area contributed by atoms with Crippen LogP contribution in [0.15, 0.2) is 18.2 Å². The van der Waals surface area contributed by atoms with Crippen LogP contribution in [0.5, 0.6) is 0 Å². The minimum absolute atomic E-state index is 0.248. The topological polar surface area (TPSA) is 40.5 Å². The van der Waals surface area contributed by atoms with E-state index in [1.807, 2.05) is 13.8 Å². The SMILES string of the molecule is CCN1CC(C(=O)O)C(c2cc(C)ccc2F)C1. The van der Waals surface area contributed by atoms with Gasteiger partial charge in [0.25, 0.3) is 0 Å². The molecule has 0 saturated carbocycles. The van der Waals surface area contributed by atoms with Crippen LogP contribution in [0.3, 0.4) is 0 Å². The average molecular weight is 251 g/mol. The molecule has 1 heterocycles. The molecule has 1 fully saturated rings. The van der Waals surface area contributed by atoms with Crippen LogP contribution in [-0.2, 0) is 4.79 Å². The Morgan fingerprint density at radius 1 is 1.50 bits per heavy atom. The predicted octanol–water partition coefficient (Wildman–Crippen LogP) is 2.25. The van der Waals surface area contributed by atoms with E-state index in [2.05, 4.69) is 4.90 Å². The number of likely N-dealkylation sites (tertiary alicyclic amines) is 1. The molecule has 1 aliphatic heterocycles. The predicted molar refractivity (Wildman–Crippen MR) is 67.1 cm³/mol. The lowest BCUT2D eigenvalue weighted by Crippen LogP contribution is -2.23. The van der Waals surface area contributed by atoms with Crippen LogP contribution >= 0.6 is 0 Å². The lowest BCUT2D eigenvalue weighted by molar-refractivity contribution is -0.141. The third-order valence-corrected chi connectivity index (χ3v) is 3.71. The molecule has 1 saturated heterocycles. The summed E-state index contributed by atoms with van der Waals surface area (Å²) in [4.78, 5) is 13.4. The van der Waals surface area contributed by atoms with E-state index in [9.17, 15) is 14.3 Å². The molecule has 0 aromatic heterocycles. The Kier molecular flexibility index (Phi) is 3.66. The van der Waals surface area contributed by atoms with Gasteiger partial charge in [0.15, 0.2) is 0 Å². The second-order valence-corrected chi connectivity index (χ2v) is 4.93. The Morgan fingerprint density at radius 3 is 2.83 bits per heavy atom. The van der Waals surface area contributed by atoms with E-state index >= 15 is 0 Å². The molecule has 4 heteroatoms. The smallest absolute Gasteiger partial charge is 0.308 e. The molecule has 0 radical (unpaired) electrons. The first kappa shape index (κ1) is 13.0. The average Bonchev–Trinajstić information content (AvgIpc) is 2.76. The number of carboxylic acid groups (broad SMARTS) is 1. The lowest BCUT2D eigenvalue weighted by atomic mass is 9.88. The van der Waals surface area contributed by atoms with Gasteiger partial charge >= 0.3 is 5.97 Å². The number of halogens is 1. The molecule has 0 bridgehead atoms. The van der Waals surface area contributed by atoms with Crippen molar-refractivity contribution in [2.45, 2.75) is 19.8 Å². The highest BCUT2D eigenvalue weighted by Gasteiger charge is 2.39. The number of aliphatic carboxylic acids is 1. The van der Waals surface area contributed by atoms with Gasteiger partial charge in [-0.05, 0) is 25.1 Å². The molecule has 1 aromatic carbocycles. The zero-order valence-corrected chi connectivity index (χ0v) is 10.7. The lowest BCUT2D eigenvalue weighted by Gasteiger charge is -2.16. The Labute approximate surface area is 106 Å². The van der Waals surface area contributed by atoms with Crippen molar-refractivity contribution in [2.24, 2.45) is 5.92 Å². The van der Waals surface area contributed by atoms with E-state index in [1.54, 1.807) is 12.1 Å². The molecule has 18 heavy (non-hydrogen) atoms. The van der Waals surface area contributed by atoms with Gasteiger partial charge in [0.2, 0.25) is 0 Å². The third-order valence-electron chi connectivity index (χ3n) is 3.71. The molecule has 1 aliphatic rings. The van der Waals surface area contributed by atoms with Crippen LogP contribution in [0.2, 0.25) is 0 Å². The second-order valence-electron chi connectivity index (χ2n) is 4.93. The molecule has 2 atom stereocenters. The van der Waals surface area contributed by atoms with E-state index in [-0.39, 0.29) is 11.7 Å². The van der Waals surface area contributed by atoms with Gasteiger partial charge in [0, 0.05) is 19.0 Å². The number of carbonyl (C=O) groups is 1. The number of carboxylic acids is 1. The number of rotatable bonds is 3. The van der Waals surface area contributed by atoms with E-state index in [0.29, 0.717) is 18.7 Å². The second kappa shape index (κ2) is 5.06. The Hall–Kier alpha value is -1.42. The zero-order chi connectivity index (χ0) is 13.3. The number of hydrogen-bond donors (Lipinski definition) is 1. The van der Waals surface area contributed by atoms with Crippen molar-refractivity contribution in [3.8, 4) is 0 Å². The molecule has 2 rings (SSSR count). The normalized spacial score (nSPS) is 24.4. The van der Waals surface area contributed by atoms with Crippen LogP contribution in [-0.4, -0.2) is 35.6 Å². The summed E-state index contributed by atoms with van der Waals surface area (Å²) in [5.74, 6) is -1.89. The van der Waals surface area contributed by atoms with Crippen LogP contribution < -0.4 is 0 Å². The summed E-state index contributed by atoms with van der Waals surface area (Å²) in [5, 5.41) is 9.27. The highest BCUT2D eigenvalue weighted by molar-refractivity contribution is 5.72. The van der Waals surface area contributed by atoms with Crippen LogP contribution in [0.4, 0.5) is 4.39 Å². The summed E-state index contributed by atoms with van der Waals surface area (Å²) in [7, 11) is 0. The van der Waals surface area contributed by atoms with Crippen LogP contribution in [0.1, 0.15) is 24.0 Å². The van der Waals surface area contributed by atoms with Gasteiger partial charge in [-0.2, -0.15) is 0 Å². The highest BCUT2D eigenvalue weighted by atomic mass is 19.1. The fourth-order valence-corrected chi connectivity index (χ4v) is 2.66. The quantitative estimate of drug-likeness (QED) is 0.895. The first-order valence-electron chi connectivity index (χ1n) is 6.24. The Balaban J connectivity index is 2.35. The number of nitrogens with zero attached hydrogens (tertiary/aromatic N) is 1. The monoisotopic (exact) mass is 251 g/mol. The molecular weight excluding hydrogens is 233 g/mol. The Bertz CT molecular complexity index is 461. The van der Waals surface area contributed by atoms with Gasteiger partial charge in [-0.3, -0.25) is 4.79 Å². The van der Waals surface area contributed by atoms with Gasteiger partial charge in [0.1, 0.15) is 5.82 Å². The molecule has 0 spiro atoms. The highest BCUT2D eigenvalue weighted by Crippen LogP contribution is 2.34. The van der Waals surface area contributed by atoms with E-state index in [4.69, 9.17) is 0 Å². The van der Waals surface area contributed by atoms with E-state index in [1.165, 1.54) is 6.07 Å². The van der Waals surface area contributed by atoms with Gasteiger partial charge < -0.3 is 10.0 Å². The van der Waals surface area contributed by atoms with Crippen LogP contribution in [0, 0.1) is 18.7 Å². The molecule has 0 aliphatic carbocycles. The molecule has 0 amide bonds. The van der Waals surface area contributed by atoms with Crippen molar-refractivity contribution >= 4 is 5.97 Å².